The van der Waals surface area contributed by atoms with Gasteiger partial charge in [0.15, 0.2) is 23.0 Å². The molecule has 10 heteroatoms. The highest BCUT2D eigenvalue weighted by atomic mass is 79.9. The van der Waals surface area contributed by atoms with Crippen molar-refractivity contribution >= 4 is 27.5 Å². The summed E-state index contributed by atoms with van der Waals surface area (Å²) >= 11 is 3.54. The van der Waals surface area contributed by atoms with E-state index in [0.717, 1.165) is 16.7 Å². The second-order valence-electron chi connectivity index (χ2n) is 8.47. The molecule has 194 valence electrons. The number of nitrogens with zero attached hydrogens (tertiary/aromatic N) is 2. The van der Waals surface area contributed by atoms with Crippen molar-refractivity contribution in [2.75, 3.05) is 35.0 Å². The summed E-state index contributed by atoms with van der Waals surface area (Å²) < 4.78 is 22.5. The van der Waals surface area contributed by atoms with Crippen LogP contribution in [0.2, 0.25) is 0 Å². The van der Waals surface area contributed by atoms with Crippen molar-refractivity contribution in [3.63, 3.8) is 0 Å². The number of carbonyl (C=O) groups excluding carboxylic acids is 1. The molecule has 0 radical (unpaired) electrons. The molecule has 0 saturated heterocycles. The van der Waals surface area contributed by atoms with Gasteiger partial charge in [0.1, 0.15) is 0 Å². The van der Waals surface area contributed by atoms with Crippen LogP contribution in [0.25, 0.3) is 0 Å². The van der Waals surface area contributed by atoms with Crippen LogP contribution in [0.3, 0.4) is 0 Å². The number of benzene rings is 3. The van der Waals surface area contributed by atoms with Crippen LogP contribution in [0.5, 0.6) is 23.0 Å². The van der Waals surface area contributed by atoms with E-state index in [2.05, 4.69) is 15.9 Å². The lowest BCUT2D eigenvalue weighted by Crippen LogP contribution is -2.41. The molecular weight excluding hydrogens is 544 g/mol. The minimum atomic E-state index is -0.546. The van der Waals surface area contributed by atoms with E-state index in [1.165, 1.54) is 12.1 Å². The molecule has 0 aliphatic carbocycles. The number of carbonyl (C=O) groups is 1. The van der Waals surface area contributed by atoms with Crippen molar-refractivity contribution in [2.45, 2.75) is 18.9 Å². The Labute approximate surface area is 223 Å². The van der Waals surface area contributed by atoms with Gasteiger partial charge < -0.3 is 23.8 Å². The van der Waals surface area contributed by atoms with Gasteiger partial charge in [-0.05, 0) is 52.9 Å². The number of nitro groups is 1. The van der Waals surface area contributed by atoms with E-state index in [1.54, 1.807) is 57.6 Å². The largest absolute Gasteiger partial charge is 0.493 e. The Kier molecular flexibility index (Phi) is 7.87. The van der Waals surface area contributed by atoms with E-state index in [4.69, 9.17) is 18.9 Å². The third-order valence-electron chi connectivity index (χ3n) is 6.49. The number of rotatable bonds is 8. The monoisotopic (exact) mass is 570 g/mol. The zero-order valence-corrected chi connectivity index (χ0v) is 22.5. The van der Waals surface area contributed by atoms with Crippen molar-refractivity contribution < 1.29 is 28.7 Å². The number of nitro benzene ring substituents is 1. The van der Waals surface area contributed by atoms with Crippen LogP contribution in [0.15, 0.2) is 53.0 Å². The van der Waals surface area contributed by atoms with E-state index in [1.807, 2.05) is 12.1 Å². The molecule has 9 nitrogen and oxygen atoms in total. The standard InChI is InChI=1S/C27H27BrN2O7/c1-34-22-11-16-8-9-29(26(31)13-18-12-23(35-2)25(37-4)15-21(18)28)27(20(16)14-24(22)36-3)17-6-5-7-19(10-17)30(32)33/h5-7,10-12,14-15,27H,8-9,13H2,1-4H3/t27-/m1/s1. The minimum absolute atomic E-state index is 0.0415. The Hall–Kier alpha value is -3.79. The molecule has 3 aromatic carbocycles. The van der Waals surface area contributed by atoms with Gasteiger partial charge in [0, 0.05) is 23.2 Å². The highest BCUT2D eigenvalue weighted by Crippen LogP contribution is 2.42. The predicted molar refractivity (Wildman–Crippen MR) is 141 cm³/mol. The molecule has 0 N–H and O–H groups in total. The van der Waals surface area contributed by atoms with Crippen molar-refractivity contribution in [3.8, 4) is 23.0 Å². The molecule has 0 bridgehead atoms. The van der Waals surface area contributed by atoms with Gasteiger partial charge in [-0.15, -0.1) is 0 Å². The van der Waals surface area contributed by atoms with Gasteiger partial charge in [0.05, 0.1) is 45.8 Å². The maximum atomic E-state index is 13.8. The maximum Gasteiger partial charge on any atom is 0.269 e. The topological polar surface area (TPSA) is 100 Å². The van der Waals surface area contributed by atoms with Gasteiger partial charge in [-0.25, -0.2) is 0 Å². The quantitative estimate of drug-likeness (QED) is 0.274. The highest BCUT2D eigenvalue weighted by Gasteiger charge is 2.34. The molecule has 0 unspecified atom stereocenters. The van der Waals surface area contributed by atoms with Crippen LogP contribution in [0.4, 0.5) is 5.69 Å². The summed E-state index contributed by atoms with van der Waals surface area (Å²) in [5.41, 5.74) is 3.16. The molecular formula is C27H27BrN2O7. The zero-order chi connectivity index (χ0) is 26.7. The maximum absolute atomic E-state index is 13.8. The summed E-state index contributed by atoms with van der Waals surface area (Å²) in [6, 6.07) is 13.1. The lowest BCUT2D eigenvalue weighted by molar-refractivity contribution is -0.384. The number of hydrogen-bond donors (Lipinski definition) is 0. The van der Waals surface area contributed by atoms with E-state index in [0.29, 0.717) is 46.0 Å². The molecule has 3 aromatic rings. The Morgan fingerprint density at radius 2 is 1.59 bits per heavy atom. The molecule has 0 aromatic heterocycles. The molecule has 37 heavy (non-hydrogen) atoms. The van der Waals surface area contributed by atoms with Crippen LogP contribution in [0, 0.1) is 10.1 Å². The number of hydrogen-bond acceptors (Lipinski definition) is 7. The molecule has 0 saturated carbocycles. The van der Waals surface area contributed by atoms with Crippen LogP contribution < -0.4 is 18.9 Å². The SMILES string of the molecule is COc1cc(Br)c(CC(=O)N2CCc3cc(OC)c(OC)cc3[C@H]2c2cccc([N+](=O)[O-])c2)cc1OC. The third-order valence-corrected chi connectivity index (χ3v) is 7.22. The summed E-state index contributed by atoms with van der Waals surface area (Å²) in [5.74, 6) is 2.05. The number of halogens is 1. The van der Waals surface area contributed by atoms with E-state index in [-0.39, 0.29) is 18.0 Å². The molecule has 1 heterocycles. The fourth-order valence-electron chi connectivity index (χ4n) is 4.68. The van der Waals surface area contributed by atoms with Crippen LogP contribution in [-0.2, 0) is 17.6 Å². The molecule has 1 amide bonds. The third kappa shape index (κ3) is 5.20. The zero-order valence-electron chi connectivity index (χ0n) is 20.9. The first-order valence-electron chi connectivity index (χ1n) is 11.5. The normalized spacial score (nSPS) is 14.5. The average Bonchev–Trinajstić information content (AvgIpc) is 2.92. The minimum Gasteiger partial charge on any atom is -0.493 e. The number of non-ortho nitro benzene ring substituents is 1. The molecule has 1 aliphatic rings. The number of amides is 1. The number of ether oxygens (including phenoxy) is 4. The van der Waals surface area contributed by atoms with E-state index in [9.17, 15) is 14.9 Å². The van der Waals surface area contributed by atoms with Crippen molar-refractivity contribution in [3.05, 3.63) is 85.4 Å². The second-order valence-corrected chi connectivity index (χ2v) is 9.33. The second kappa shape index (κ2) is 11.1. The van der Waals surface area contributed by atoms with Gasteiger partial charge in [-0.3, -0.25) is 14.9 Å². The molecule has 4 rings (SSSR count). The molecule has 0 fully saturated rings. The van der Waals surface area contributed by atoms with Crippen molar-refractivity contribution in [1.29, 1.82) is 0 Å². The van der Waals surface area contributed by atoms with Gasteiger partial charge >= 0.3 is 0 Å². The van der Waals surface area contributed by atoms with Crippen LogP contribution in [-0.4, -0.2) is 50.7 Å². The summed E-state index contributed by atoms with van der Waals surface area (Å²) in [6.07, 6.45) is 0.689. The Bertz CT molecular complexity index is 1340. The fraction of sp³-hybridized carbons (Fsp3) is 0.296. The Morgan fingerprint density at radius 3 is 2.24 bits per heavy atom. The van der Waals surface area contributed by atoms with Crippen LogP contribution in [0.1, 0.15) is 28.3 Å². The van der Waals surface area contributed by atoms with E-state index >= 15 is 0 Å². The number of methoxy groups -OCH3 is 4. The first-order valence-corrected chi connectivity index (χ1v) is 12.3. The Morgan fingerprint density at radius 1 is 0.973 bits per heavy atom. The first-order chi connectivity index (χ1) is 17.8. The smallest absolute Gasteiger partial charge is 0.269 e. The predicted octanol–water partition coefficient (Wildman–Crippen LogP) is 5.11. The molecule has 1 aliphatic heterocycles. The van der Waals surface area contributed by atoms with E-state index < -0.39 is 11.0 Å². The molecule has 0 spiro atoms. The summed E-state index contributed by atoms with van der Waals surface area (Å²) in [5, 5.41) is 11.5. The highest BCUT2D eigenvalue weighted by molar-refractivity contribution is 9.10. The Balaban J connectivity index is 1.79. The lowest BCUT2D eigenvalue weighted by atomic mass is 9.87. The number of fused-ring (bicyclic) bond motifs is 1. The average molecular weight is 571 g/mol. The van der Waals surface area contributed by atoms with Gasteiger partial charge in [0.2, 0.25) is 5.91 Å². The van der Waals surface area contributed by atoms with Crippen molar-refractivity contribution in [2.24, 2.45) is 0 Å². The van der Waals surface area contributed by atoms with Gasteiger partial charge in [0.25, 0.3) is 5.69 Å². The summed E-state index contributed by atoms with van der Waals surface area (Å²) in [7, 11) is 6.21. The van der Waals surface area contributed by atoms with Gasteiger partial charge in [-0.1, -0.05) is 28.1 Å². The lowest BCUT2D eigenvalue weighted by Gasteiger charge is -2.38. The fourth-order valence-corrected chi connectivity index (χ4v) is 5.14. The van der Waals surface area contributed by atoms with Gasteiger partial charge in [-0.2, -0.15) is 0 Å². The summed E-state index contributed by atoms with van der Waals surface area (Å²) in [6.45, 7) is 0.430. The first kappa shape index (κ1) is 26.3. The van der Waals surface area contributed by atoms with Crippen molar-refractivity contribution in [1.82, 2.24) is 4.90 Å². The molecule has 1 atom stereocenters. The van der Waals surface area contributed by atoms with Crippen LogP contribution >= 0.6 is 15.9 Å². The summed E-state index contributed by atoms with van der Waals surface area (Å²) in [4.78, 5) is 26.7.